The zero-order chi connectivity index (χ0) is 62.3. The lowest BCUT2D eigenvalue weighted by molar-refractivity contribution is -0.161. The van der Waals surface area contributed by atoms with Gasteiger partial charge >= 0.3 is 19.8 Å². The molecule has 10 heteroatoms. The number of phosphoric acid groups is 1. The number of unbranched alkanes of at least 4 members (excludes halogenated alkanes) is 48. The van der Waals surface area contributed by atoms with Gasteiger partial charge in [0.05, 0.1) is 13.2 Å². The number of allylic oxidation sites excluding steroid dienone is 10. The molecule has 3 N–H and O–H groups in total. The Labute approximate surface area is 533 Å². The Balaban J connectivity index is 3.78. The van der Waals surface area contributed by atoms with Crippen LogP contribution < -0.4 is 5.73 Å². The lowest BCUT2D eigenvalue weighted by atomic mass is 10.0. The minimum Gasteiger partial charge on any atom is -0.462 e. The highest BCUT2D eigenvalue weighted by atomic mass is 31.2. The summed E-state index contributed by atoms with van der Waals surface area (Å²) in [6.07, 6.45) is 93.5. The van der Waals surface area contributed by atoms with Gasteiger partial charge in [-0.25, -0.2) is 4.57 Å². The molecule has 0 saturated carbocycles. The van der Waals surface area contributed by atoms with Crippen LogP contribution in [0.5, 0.6) is 0 Å². The summed E-state index contributed by atoms with van der Waals surface area (Å²) >= 11 is 0. The largest absolute Gasteiger partial charge is 0.472 e. The summed E-state index contributed by atoms with van der Waals surface area (Å²) in [5.74, 6) is -0.815. The third-order valence-electron chi connectivity index (χ3n) is 16.7. The second kappa shape index (κ2) is 71.8. The van der Waals surface area contributed by atoms with Crippen molar-refractivity contribution in [1.29, 1.82) is 0 Å². The SMILES string of the molecule is CC/C=C\C/C=C\C/C=C\C/C=C\C/C=C\CCCCCCCCCCCCCC(=O)OC(COC(=O)CCCCCCCCCCCCCCCCCCCCCCCCCCCCCCCCCCCCCCCC)COP(=O)(O)OCCN. The molecular formula is C76H142NO8P. The van der Waals surface area contributed by atoms with Crippen molar-refractivity contribution >= 4 is 19.8 Å². The minimum atomic E-state index is -4.40. The van der Waals surface area contributed by atoms with Crippen molar-refractivity contribution in [3.05, 3.63) is 60.8 Å². The van der Waals surface area contributed by atoms with Crippen LogP contribution in [0.2, 0.25) is 0 Å². The lowest BCUT2D eigenvalue weighted by Crippen LogP contribution is -2.29. The van der Waals surface area contributed by atoms with E-state index in [1.165, 1.54) is 270 Å². The molecule has 0 aromatic rings. The van der Waals surface area contributed by atoms with Crippen LogP contribution >= 0.6 is 7.82 Å². The Bertz CT molecular complexity index is 1590. The van der Waals surface area contributed by atoms with Crippen LogP contribution in [0.1, 0.15) is 380 Å². The van der Waals surface area contributed by atoms with E-state index in [1.54, 1.807) is 0 Å². The zero-order valence-electron chi connectivity index (χ0n) is 56.8. The molecule has 0 aliphatic rings. The van der Waals surface area contributed by atoms with Crippen molar-refractivity contribution in [2.75, 3.05) is 26.4 Å². The van der Waals surface area contributed by atoms with E-state index < -0.39 is 26.5 Å². The highest BCUT2D eigenvalue weighted by molar-refractivity contribution is 7.47. The molecule has 0 fully saturated rings. The van der Waals surface area contributed by atoms with Gasteiger partial charge in [0.2, 0.25) is 0 Å². The first-order chi connectivity index (χ1) is 42.3. The van der Waals surface area contributed by atoms with Crippen LogP contribution in [0.25, 0.3) is 0 Å². The summed E-state index contributed by atoms with van der Waals surface area (Å²) in [5.41, 5.74) is 5.41. The number of carbonyl (C=O) groups is 2. The fourth-order valence-corrected chi connectivity index (χ4v) is 12.0. The molecule has 0 spiro atoms. The fraction of sp³-hybridized carbons (Fsp3) is 0.842. The van der Waals surface area contributed by atoms with E-state index in [2.05, 4.69) is 74.6 Å². The maximum atomic E-state index is 12.8. The van der Waals surface area contributed by atoms with Crippen molar-refractivity contribution < 1.29 is 37.6 Å². The standard InChI is InChI=1S/C76H142NO8P/c1-3-5-7-9-11-13-15-17-19-21-23-25-27-29-31-32-33-34-35-36-37-38-39-40-41-43-44-46-48-50-52-54-56-58-60-62-64-66-68-75(78)82-72-74(73-84-86(80,81)83-71-70-77)85-76(79)69-67-65-63-61-59-57-55-53-51-49-47-45-42-30-28-26-24-22-20-18-16-14-12-10-8-6-4-2/h6,8,12,14,18,20,24,26,30,42,74H,3-5,7,9-11,13,15-17,19,21-23,25,27-29,31-41,43-73,77H2,1-2H3,(H,80,81)/b8-6-,14-12-,20-18-,26-24-,42-30-. The summed E-state index contributed by atoms with van der Waals surface area (Å²) in [6.45, 7) is 3.69. The monoisotopic (exact) mass is 1230 g/mol. The average Bonchev–Trinajstić information content (AvgIpc) is 3.60. The van der Waals surface area contributed by atoms with E-state index in [1.807, 2.05) is 0 Å². The van der Waals surface area contributed by atoms with Gasteiger partial charge in [0.15, 0.2) is 6.10 Å². The Morgan fingerprint density at radius 3 is 0.953 bits per heavy atom. The number of hydrogen-bond acceptors (Lipinski definition) is 8. The first-order valence-corrected chi connectivity index (χ1v) is 38.8. The molecule has 2 atom stereocenters. The van der Waals surface area contributed by atoms with Gasteiger partial charge in [-0.3, -0.25) is 18.6 Å². The molecule has 504 valence electrons. The predicted octanol–water partition coefficient (Wildman–Crippen LogP) is 24.6. The van der Waals surface area contributed by atoms with Crippen molar-refractivity contribution in [1.82, 2.24) is 0 Å². The Morgan fingerprint density at radius 2 is 0.640 bits per heavy atom. The number of nitrogens with two attached hydrogens (primary N) is 1. The zero-order valence-corrected chi connectivity index (χ0v) is 57.7. The highest BCUT2D eigenvalue weighted by Crippen LogP contribution is 2.43. The summed E-state index contributed by atoms with van der Waals surface area (Å²) < 4.78 is 33.2. The molecule has 0 aromatic carbocycles. The van der Waals surface area contributed by atoms with E-state index in [0.29, 0.717) is 6.42 Å². The van der Waals surface area contributed by atoms with Crippen LogP contribution in [0.3, 0.4) is 0 Å². The average molecular weight is 1230 g/mol. The van der Waals surface area contributed by atoms with Gasteiger partial charge in [0, 0.05) is 19.4 Å². The number of esters is 2. The van der Waals surface area contributed by atoms with E-state index in [0.717, 1.165) is 77.0 Å². The van der Waals surface area contributed by atoms with Crippen LogP contribution in [-0.4, -0.2) is 49.3 Å². The van der Waals surface area contributed by atoms with E-state index >= 15 is 0 Å². The number of carbonyl (C=O) groups excluding carboxylic acids is 2. The summed E-state index contributed by atoms with van der Waals surface area (Å²) in [4.78, 5) is 35.4. The number of rotatable bonds is 71. The summed E-state index contributed by atoms with van der Waals surface area (Å²) in [7, 11) is -4.40. The molecule has 0 aromatic heterocycles. The predicted molar refractivity (Wildman–Crippen MR) is 372 cm³/mol. The topological polar surface area (TPSA) is 134 Å². The van der Waals surface area contributed by atoms with Gasteiger partial charge < -0.3 is 20.1 Å². The van der Waals surface area contributed by atoms with Crippen LogP contribution in [-0.2, 0) is 32.7 Å². The lowest BCUT2D eigenvalue weighted by Gasteiger charge is -2.19. The molecule has 86 heavy (non-hydrogen) atoms. The maximum absolute atomic E-state index is 12.8. The number of ether oxygens (including phenoxy) is 2. The number of hydrogen-bond donors (Lipinski definition) is 2. The molecule has 2 unspecified atom stereocenters. The van der Waals surface area contributed by atoms with Crippen LogP contribution in [0.4, 0.5) is 0 Å². The minimum absolute atomic E-state index is 0.0528. The molecule has 0 heterocycles. The Hall–Kier alpha value is -2.29. The van der Waals surface area contributed by atoms with Crippen molar-refractivity contribution in [3.8, 4) is 0 Å². The molecular weight excluding hydrogens is 1090 g/mol. The van der Waals surface area contributed by atoms with Crippen LogP contribution in [0, 0.1) is 0 Å². The van der Waals surface area contributed by atoms with Gasteiger partial charge in [0.1, 0.15) is 6.61 Å². The number of phosphoric ester groups is 1. The molecule has 0 rings (SSSR count). The van der Waals surface area contributed by atoms with Gasteiger partial charge in [-0.1, -0.05) is 370 Å². The van der Waals surface area contributed by atoms with Gasteiger partial charge in [-0.15, -0.1) is 0 Å². The quantitative estimate of drug-likeness (QED) is 0.0264. The first-order valence-electron chi connectivity index (χ1n) is 37.3. The molecule has 0 bridgehead atoms. The maximum Gasteiger partial charge on any atom is 0.472 e. The van der Waals surface area contributed by atoms with E-state index in [4.69, 9.17) is 24.3 Å². The van der Waals surface area contributed by atoms with Crippen LogP contribution in [0.15, 0.2) is 60.8 Å². The van der Waals surface area contributed by atoms with Gasteiger partial charge in [0.25, 0.3) is 0 Å². The molecule has 0 aliphatic carbocycles. The molecule has 0 aliphatic heterocycles. The molecule has 0 radical (unpaired) electrons. The second-order valence-electron chi connectivity index (χ2n) is 25.1. The molecule has 0 saturated heterocycles. The van der Waals surface area contributed by atoms with Gasteiger partial charge in [-0.05, 0) is 57.8 Å². The van der Waals surface area contributed by atoms with Gasteiger partial charge in [-0.2, -0.15) is 0 Å². The van der Waals surface area contributed by atoms with E-state index in [9.17, 15) is 19.0 Å². The smallest absolute Gasteiger partial charge is 0.462 e. The normalized spacial score (nSPS) is 13.2. The fourth-order valence-electron chi connectivity index (χ4n) is 11.2. The second-order valence-corrected chi connectivity index (χ2v) is 26.6. The highest BCUT2D eigenvalue weighted by Gasteiger charge is 2.26. The third-order valence-corrected chi connectivity index (χ3v) is 17.7. The third kappa shape index (κ3) is 70.8. The van der Waals surface area contributed by atoms with Crippen molar-refractivity contribution in [3.63, 3.8) is 0 Å². The van der Waals surface area contributed by atoms with Crippen molar-refractivity contribution in [2.24, 2.45) is 5.73 Å². The Morgan fingerprint density at radius 1 is 0.360 bits per heavy atom. The Kier molecular flexibility index (Phi) is 69.9. The summed E-state index contributed by atoms with van der Waals surface area (Å²) in [6, 6.07) is 0. The molecule has 0 amide bonds. The molecule has 9 nitrogen and oxygen atoms in total. The first kappa shape index (κ1) is 83.7. The van der Waals surface area contributed by atoms with Crippen molar-refractivity contribution in [2.45, 2.75) is 386 Å². The summed E-state index contributed by atoms with van der Waals surface area (Å²) in [5, 5.41) is 0. The van der Waals surface area contributed by atoms with E-state index in [-0.39, 0.29) is 38.6 Å².